The molecule has 0 radical (unpaired) electrons. The smallest absolute Gasteiger partial charge is 0.407 e. The molecule has 9 rings (SSSR count). The van der Waals surface area contributed by atoms with Crippen LogP contribution in [0.4, 0.5) is 4.79 Å². The van der Waals surface area contributed by atoms with E-state index >= 15 is 4.79 Å². The Hall–Kier alpha value is -1.78. The second-order valence-electron chi connectivity index (χ2n) is 27.5. The predicted octanol–water partition coefficient (Wildman–Crippen LogP) is 15.3. The van der Waals surface area contributed by atoms with Gasteiger partial charge in [0.1, 0.15) is 6.10 Å². The zero-order chi connectivity index (χ0) is 46.0. The van der Waals surface area contributed by atoms with Crippen LogP contribution in [0.5, 0.6) is 0 Å². The van der Waals surface area contributed by atoms with E-state index < -0.39 is 0 Å². The molecule has 5 nitrogen and oxygen atoms in total. The minimum atomic E-state index is -0.386. The number of alkyl carbamates (subject to hydrolysis) is 1. The van der Waals surface area contributed by atoms with Gasteiger partial charge < -0.3 is 14.8 Å². The minimum absolute atomic E-state index is 0.00315. The highest BCUT2D eigenvalue weighted by Gasteiger charge is 2.72. The van der Waals surface area contributed by atoms with E-state index in [4.69, 9.17) is 9.47 Å². The van der Waals surface area contributed by atoms with Gasteiger partial charge in [-0.15, -0.1) is 0 Å². The van der Waals surface area contributed by atoms with Crippen LogP contribution in [-0.4, -0.2) is 31.3 Å². The average molecular weight is 882 g/mol. The van der Waals surface area contributed by atoms with Gasteiger partial charge in [-0.25, -0.2) is 4.79 Å². The number of allylic oxidation sites excluding steroid dienone is 2. The highest BCUT2D eigenvalue weighted by molar-refractivity contribution is 5.78. The van der Waals surface area contributed by atoms with Crippen molar-refractivity contribution in [2.24, 2.45) is 103 Å². The molecule has 9 aliphatic rings. The molecule has 0 bridgehead atoms. The Kier molecular flexibility index (Phi) is 12.1. The normalized spacial score (nSPS) is 49.3. The Morgan fingerprint density at radius 2 is 1.48 bits per heavy atom. The summed E-state index contributed by atoms with van der Waals surface area (Å²) < 4.78 is 12.1. The number of nitrogens with one attached hydrogen (secondary N) is 1. The predicted molar refractivity (Wildman–Crippen MR) is 261 cm³/mol. The van der Waals surface area contributed by atoms with Crippen molar-refractivity contribution in [1.82, 2.24) is 5.32 Å². The van der Waals surface area contributed by atoms with Crippen LogP contribution in [0.15, 0.2) is 23.8 Å². The quantitative estimate of drug-likeness (QED) is 0.185. The summed E-state index contributed by atoms with van der Waals surface area (Å²) in [7, 11) is 1.49. The summed E-state index contributed by atoms with van der Waals surface area (Å²) in [6.07, 6.45) is 27.9. The Balaban J connectivity index is 0.905. The van der Waals surface area contributed by atoms with Crippen molar-refractivity contribution in [3.05, 3.63) is 23.8 Å². The summed E-state index contributed by atoms with van der Waals surface area (Å²) in [6.45, 7) is 32.5. The molecular formula is C59H95NO4. The third kappa shape index (κ3) is 6.88. The molecule has 64 heavy (non-hydrogen) atoms. The molecule has 0 aromatic heterocycles. The van der Waals surface area contributed by atoms with Gasteiger partial charge in [0.15, 0.2) is 0 Å². The first-order valence-corrected chi connectivity index (χ1v) is 27.5. The van der Waals surface area contributed by atoms with Crippen molar-refractivity contribution in [2.75, 3.05) is 7.11 Å². The molecule has 0 saturated heterocycles. The highest BCUT2D eigenvalue weighted by Crippen LogP contribution is 2.78. The van der Waals surface area contributed by atoms with Gasteiger partial charge >= 0.3 is 12.1 Å². The number of hydrogen-bond acceptors (Lipinski definition) is 4. The number of fused-ring (bicyclic) bond motifs is 12. The minimum Gasteiger partial charge on any atom is -0.462 e. The fourth-order valence-electron chi connectivity index (χ4n) is 21.0. The topological polar surface area (TPSA) is 64.6 Å². The van der Waals surface area contributed by atoms with E-state index in [1.165, 1.54) is 96.2 Å². The van der Waals surface area contributed by atoms with Crippen LogP contribution in [-0.2, 0) is 14.3 Å². The Morgan fingerprint density at radius 1 is 0.750 bits per heavy atom. The summed E-state index contributed by atoms with van der Waals surface area (Å²) in [5.41, 5.74) is 3.91. The number of carbonyl (C=O) groups is 2. The van der Waals surface area contributed by atoms with Crippen molar-refractivity contribution in [3.63, 3.8) is 0 Å². The van der Waals surface area contributed by atoms with Gasteiger partial charge in [0.25, 0.3) is 0 Å². The molecule has 0 spiro atoms. The Morgan fingerprint density at radius 3 is 2.20 bits per heavy atom. The summed E-state index contributed by atoms with van der Waals surface area (Å²) in [5, 5.41) is 3.26. The number of hydrogen-bond donors (Lipinski definition) is 1. The molecule has 0 aliphatic heterocycles. The van der Waals surface area contributed by atoms with Gasteiger partial charge in [-0.1, -0.05) is 112 Å². The van der Waals surface area contributed by atoms with E-state index in [1.54, 1.807) is 5.57 Å². The van der Waals surface area contributed by atoms with Crippen molar-refractivity contribution < 1.29 is 19.1 Å². The molecule has 5 heteroatoms. The Labute approximate surface area is 392 Å². The van der Waals surface area contributed by atoms with Crippen LogP contribution >= 0.6 is 0 Å². The van der Waals surface area contributed by atoms with E-state index in [0.29, 0.717) is 35.0 Å². The molecule has 8 fully saturated rings. The first kappa shape index (κ1) is 47.3. The van der Waals surface area contributed by atoms with E-state index in [-0.39, 0.29) is 56.7 Å². The maximum atomic E-state index is 15.3. The monoisotopic (exact) mass is 882 g/mol. The summed E-state index contributed by atoms with van der Waals surface area (Å²) >= 11 is 0. The zero-order valence-corrected chi connectivity index (χ0v) is 43.3. The van der Waals surface area contributed by atoms with Gasteiger partial charge in [-0.2, -0.15) is 0 Å². The fourth-order valence-corrected chi connectivity index (χ4v) is 21.0. The molecule has 18 atom stereocenters. The highest BCUT2D eigenvalue weighted by atomic mass is 16.5. The zero-order valence-electron chi connectivity index (χ0n) is 43.3. The van der Waals surface area contributed by atoms with Crippen molar-refractivity contribution >= 4 is 12.1 Å². The molecule has 1 N–H and O–H groups in total. The summed E-state index contributed by atoms with van der Waals surface area (Å²) in [4.78, 5) is 27.8. The van der Waals surface area contributed by atoms with Gasteiger partial charge in [-0.05, 0) is 214 Å². The second kappa shape index (κ2) is 16.4. The third-order valence-corrected chi connectivity index (χ3v) is 24.5. The lowest BCUT2D eigenvalue weighted by molar-refractivity contribution is -0.241. The van der Waals surface area contributed by atoms with Crippen LogP contribution in [0.2, 0.25) is 0 Å². The lowest BCUT2D eigenvalue weighted by Gasteiger charge is -2.73. The molecule has 9 aliphatic carbocycles. The van der Waals surface area contributed by atoms with E-state index in [0.717, 1.165) is 86.9 Å². The molecule has 4 unspecified atom stereocenters. The van der Waals surface area contributed by atoms with Gasteiger partial charge in [0.05, 0.1) is 12.5 Å². The number of carbonyl (C=O) groups excluding carboxylic acids is 2. The number of esters is 1. The molecular weight excluding hydrogens is 787 g/mol. The van der Waals surface area contributed by atoms with Crippen LogP contribution in [0.3, 0.4) is 0 Å². The average Bonchev–Trinajstić information content (AvgIpc) is 3.81. The molecule has 1 amide bonds. The summed E-state index contributed by atoms with van der Waals surface area (Å²) in [6, 6.07) is 0.135. The molecule has 0 aromatic carbocycles. The van der Waals surface area contributed by atoms with Crippen LogP contribution in [0, 0.1) is 103 Å². The number of ether oxygens (including phenoxy) is 2. The molecule has 0 heterocycles. The van der Waals surface area contributed by atoms with E-state index in [1.807, 2.05) is 0 Å². The SMILES string of the molecule is C=C(C)C1CC[C@]2(C(=O)O[C@@H]3CC[C@@]4(C)C(=CC[C@H]5[C@@H]6CC[C@H]([C@H](C)CCCC(C)C)[C@@]6(C)CC[C@@H]54)C3)CC[C@]3(C)[C@H](CC[C@@H]4[C@@]5(C)CCC(NC(=O)OC)C(C)(C)C5CC[C@]43C)C12. The van der Waals surface area contributed by atoms with Crippen molar-refractivity contribution in [1.29, 1.82) is 0 Å². The third-order valence-electron chi connectivity index (χ3n) is 24.5. The first-order valence-electron chi connectivity index (χ1n) is 27.5. The fraction of sp³-hybridized carbons (Fsp3) is 0.898. The second-order valence-corrected chi connectivity index (χ2v) is 27.5. The van der Waals surface area contributed by atoms with Crippen molar-refractivity contribution in [2.45, 2.75) is 223 Å². The maximum Gasteiger partial charge on any atom is 0.407 e. The standard InChI is InChI=1S/C59H95NO4/c1-36(2)15-14-16-38(5)43-19-20-44-42-18-17-39-35-40(23-28-54(39,8)45(42)25-29-55(43,44)9)64-51(61)59-32-24-41(37(3)4)50(59)46-21-22-48-56(10)30-27-49(60-52(62)63-13)53(6,7)47(56)26-31-58(48,12)57(46,11)33-34-59/h17,36,38,40-50H,3,14-16,18-35H2,1-2,4-13H3,(H,60,62)/t38-,40-,41?,42+,43-,44+,45+,46-,47?,48-,49?,50?,54+,55-,56+,57-,58-,59+/m1/s1. The maximum absolute atomic E-state index is 15.3. The van der Waals surface area contributed by atoms with Gasteiger partial charge in [0, 0.05) is 12.5 Å². The molecule has 8 saturated carbocycles. The molecule has 0 aromatic rings. The molecule has 360 valence electrons. The van der Waals surface area contributed by atoms with Crippen LogP contribution < -0.4 is 5.32 Å². The lowest BCUT2D eigenvalue weighted by Crippen LogP contribution is -2.68. The van der Waals surface area contributed by atoms with E-state index in [9.17, 15) is 4.79 Å². The van der Waals surface area contributed by atoms with Gasteiger partial charge in [0.2, 0.25) is 0 Å². The van der Waals surface area contributed by atoms with E-state index in [2.05, 4.69) is 94.1 Å². The number of methoxy groups -OCH3 is 1. The largest absolute Gasteiger partial charge is 0.462 e. The Bertz CT molecular complexity index is 1850. The lowest BCUT2D eigenvalue weighted by atomic mass is 9.32. The number of rotatable bonds is 9. The van der Waals surface area contributed by atoms with Gasteiger partial charge in [-0.3, -0.25) is 4.79 Å². The van der Waals surface area contributed by atoms with Crippen molar-refractivity contribution in [3.8, 4) is 0 Å². The number of amides is 1. The van der Waals surface area contributed by atoms with Crippen LogP contribution in [0.1, 0.15) is 211 Å². The summed E-state index contributed by atoms with van der Waals surface area (Å²) in [5.74, 6) is 7.63. The van der Waals surface area contributed by atoms with Crippen LogP contribution in [0.25, 0.3) is 0 Å². The first-order chi connectivity index (χ1) is 30.1.